The average Bonchev–Trinajstić information content (AvgIpc) is 2.95. The molecule has 1 aromatic heterocycles. The topological polar surface area (TPSA) is 66.3 Å². The molecule has 0 saturated heterocycles. The van der Waals surface area contributed by atoms with Crippen LogP contribution in [-0.4, -0.2) is 28.1 Å². The Hall–Kier alpha value is -2.43. The summed E-state index contributed by atoms with van der Waals surface area (Å²) in [7, 11) is 1.94. The summed E-state index contributed by atoms with van der Waals surface area (Å²) in [5.74, 6) is -0.00212. The van der Waals surface area contributed by atoms with Gasteiger partial charge in [-0.2, -0.15) is 0 Å². The van der Waals surface area contributed by atoms with E-state index in [1.165, 1.54) is 5.56 Å². The number of carbonyl (C=O) groups is 1. The minimum Gasteiger partial charge on any atom is -0.478 e. The fraction of sp³-hybridized carbons (Fsp3) is 0.267. The van der Waals surface area contributed by atoms with Crippen molar-refractivity contribution >= 4 is 17.5 Å². The van der Waals surface area contributed by atoms with Crippen molar-refractivity contribution in [1.82, 2.24) is 9.97 Å². The highest BCUT2D eigenvalue weighted by molar-refractivity contribution is 5.88. The van der Waals surface area contributed by atoms with Gasteiger partial charge in [-0.25, -0.2) is 14.8 Å². The number of anilines is 2. The summed E-state index contributed by atoms with van der Waals surface area (Å²) in [5, 5.41) is 8.92. The van der Waals surface area contributed by atoms with Crippen LogP contribution in [0.1, 0.15) is 28.0 Å². The molecule has 0 aliphatic heterocycles. The van der Waals surface area contributed by atoms with Crippen LogP contribution in [-0.2, 0) is 12.8 Å². The van der Waals surface area contributed by atoms with Gasteiger partial charge in [0.2, 0.25) is 0 Å². The normalized spacial score (nSPS) is 13.1. The molecule has 0 radical (unpaired) electrons. The lowest BCUT2D eigenvalue weighted by Crippen LogP contribution is -2.14. The Labute approximate surface area is 116 Å². The van der Waals surface area contributed by atoms with Crippen molar-refractivity contribution in [2.24, 2.45) is 0 Å². The van der Waals surface area contributed by atoms with Crippen molar-refractivity contribution in [3.8, 4) is 0 Å². The largest absolute Gasteiger partial charge is 0.478 e. The van der Waals surface area contributed by atoms with Crippen LogP contribution in [0.5, 0.6) is 0 Å². The second-order valence-electron chi connectivity index (χ2n) is 4.89. The first kappa shape index (κ1) is 12.6. The predicted octanol–water partition coefficient (Wildman–Crippen LogP) is 2.43. The molecule has 0 amide bonds. The van der Waals surface area contributed by atoms with Crippen LogP contribution in [0.2, 0.25) is 0 Å². The first-order valence-electron chi connectivity index (χ1n) is 6.56. The van der Waals surface area contributed by atoms with E-state index in [9.17, 15) is 4.79 Å². The summed E-state index contributed by atoms with van der Waals surface area (Å²) in [6, 6.07) is 6.81. The molecule has 0 bridgehead atoms. The summed E-state index contributed by atoms with van der Waals surface area (Å²) in [6.45, 7) is 0. The van der Waals surface area contributed by atoms with E-state index >= 15 is 0 Å². The number of aromatic nitrogens is 2. The predicted molar refractivity (Wildman–Crippen MR) is 75.5 cm³/mol. The molecule has 1 aliphatic carbocycles. The molecule has 5 heteroatoms. The number of hydrogen-bond acceptors (Lipinski definition) is 4. The second-order valence-corrected chi connectivity index (χ2v) is 4.89. The fourth-order valence-corrected chi connectivity index (χ4v) is 2.58. The van der Waals surface area contributed by atoms with Gasteiger partial charge in [-0.15, -0.1) is 0 Å². The molecule has 1 N–H and O–H groups in total. The van der Waals surface area contributed by atoms with Crippen molar-refractivity contribution in [3.63, 3.8) is 0 Å². The standard InChI is InChI=1S/C15H15N3O2/c1-18(11-7-5-10(6-8-11)15(19)20)14-12-3-2-4-13(12)16-9-17-14/h5-9H,2-4H2,1H3,(H,19,20). The molecule has 20 heavy (non-hydrogen) atoms. The fourth-order valence-electron chi connectivity index (χ4n) is 2.58. The van der Waals surface area contributed by atoms with E-state index in [4.69, 9.17) is 5.11 Å². The van der Waals surface area contributed by atoms with Crippen LogP contribution in [0, 0.1) is 0 Å². The Bertz CT molecular complexity index is 653. The molecule has 1 aliphatic rings. The van der Waals surface area contributed by atoms with Crippen molar-refractivity contribution in [3.05, 3.63) is 47.4 Å². The third-order valence-electron chi connectivity index (χ3n) is 3.67. The van der Waals surface area contributed by atoms with Crippen LogP contribution >= 0.6 is 0 Å². The van der Waals surface area contributed by atoms with Crippen molar-refractivity contribution in [1.29, 1.82) is 0 Å². The summed E-state index contributed by atoms with van der Waals surface area (Å²) >= 11 is 0. The number of aromatic carboxylic acids is 1. The molecule has 1 aromatic carbocycles. The number of rotatable bonds is 3. The molecule has 0 fully saturated rings. The van der Waals surface area contributed by atoms with E-state index in [0.717, 1.165) is 36.5 Å². The van der Waals surface area contributed by atoms with Gasteiger partial charge in [-0.3, -0.25) is 0 Å². The van der Waals surface area contributed by atoms with E-state index in [0.29, 0.717) is 0 Å². The molecule has 0 atom stereocenters. The van der Waals surface area contributed by atoms with E-state index in [1.807, 2.05) is 11.9 Å². The summed E-state index contributed by atoms with van der Waals surface area (Å²) in [4.78, 5) is 21.6. The van der Waals surface area contributed by atoms with E-state index < -0.39 is 5.97 Å². The lowest BCUT2D eigenvalue weighted by Gasteiger charge is -2.20. The number of nitrogens with zero attached hydrogens (tertiary/aromatic N) is 3. The minimum absolute atomic E-state index is 0.287. The summed E-state index contributed by atoms with van der Waals surface area (Å²) in [5.41, 5.74) is 3.54. The number of carboxylic acid groups (broad SMARTS) is 1. The maximum atomic E-state index is 10.9. The third-order valence-corrected chi connectivity index (χ3v) is 3.67. The van der Waals surface area contributed by atoms with Gasteiger partial charge in [0, 0.05) is 24.0 Å². The quantitative estimate of drug-likeness (QED) is 0.927. The van der Waals surface area contributed by atoms with Crippen LogP contribution in [0.25, 0.3) is 0 Å². The Balaban J connectivity index is 1.95. The maximum Gasteiger partial charge on any atom is 0.335 e. The van der Waals surface area contributed by atoms with Crippen LogP contribution < -0.4 is 4.90 Å². The second kappa shape index (κ2) is 4.92. The zero-order valence-electron chi connectivity index (χ0n) is 11.2. The molecular weight excluding hydrogens is 254 g/mol. The number of carboxylic acids is 1. The van der Waals surface area contributed by atoms with E-state index in [-0.39, 0.29) is 5.56 Å². The van der Waals surface area contributed by atoms with Crippen LogP contribution in [0.3, 0.4) is 0 Å². The van der Waals surface area contributed by atoms with Gasteiger partial charge in [0.25, 0.3) is 0 Å². The van der Waals surface area contributed by atoms with Crippen molar-refractivity contribution < 1.29 is 9.90 Å². The molecule has 102 valence electrons. The van der Waals surface area contributed by atoms with E-state index in [2.05, 4.69) is 9.97 Å². The highest BCUT2D eigenvalue weighted by Crippen LogP contribution is 2.31. The first-order chi connectivity index (χ1) is 9.66. The van der Waals surface area contributed by atoms with Crippen LogP contribution in [0.15, 0.2) is 30.6 Å². The highest BCUT2D eigenvalue weighted by Gasteiger charge is 2.20. The van der Waals surface area contributed by atoms with Gasteiger partial charge in [0.05, 0.1) is 5.56 Å². The molecule has 3 rings (SSSR count). The van der Waals surface area contributed by atoms with Gasteiger partial charge in [0.1, 0.15) is 12.1 Å². The molecule has 2 aromatic rings. The van der Waals surface area contributed by atoms with Gasteiger partial charge >= 0.3 is 5.97 Å². The van der Waals surface area contributed by atoms with Crippen LogP contribution in [0.4, 0.5) is 11.5 Å². The minimum atomic E-state index is -0.915. The Morgan fingerprint density at radius 1 is 1.20 bits per heavy atom. The number of aryl methyl sites for hydroxylation is 1. The van der Waals surface area contributed by atoms with Gasteiger partial charge < -0.3 is 10.0 Å². The lowest BCUT2D eigenvalue weighted by molar-refractivity contribution is 0.0697. The lowest BCUT2D eigenvalue weighted by atomic mass is 10.2. The van der Waals surface area contributed by atoms with Crippen molar-refractivity contribution in [2.45, 2.75) is 19.3 Å². The van der Waals surface area contributed by atoms with Gasteiger partial charge in [-0.05, 0) is 43.5 Å². The maximum absolute atomic E-state index is 10.9. The molecular formula is C15H15N3O2. The zero-order valence-corrected chi connectivity index (χ0v) is 11.2. The van der Waals surface area contributed by atoms with Gasteiger partial charge in [0.15, 0.2) is 0 Å². The van der Waals surface area contributed by atoms with E-state index in [1.54, 1.807) is 30.6 Å². The van der Waals surface area contributed by atoms with Gasteiger partial charge in [-0.1, -0.05) is 0 Å². The Morgan fingerprint density at radius 3 is 2.65 bits per heavy atom. The number of benzene rings is 1. The molecule has 5 nitrogen and oxygen atoms in total. The molecule has 0 saturated carbocycles. The molecule has 1 heterocycles. The Morgan fingerprint density at radius 2 is 1.95 bits per heavy atom. The van der Waals surface area contributed by atoms with Crippen molar-refractivity contribution in [2.75, 3.05) is 11.9 Å². The summed E-state index contributed by atoms with van der Waals surface area (Å²) < 4.78 is 0. The first-order valence-corrected chi connectivity index (χ1v) is 6.56. The summed E-state index contributed by atoms with van der Waals surface area (Å²) in [6.07, 6.45) is 4.73. The highest BCUT2D eigenvalue weighted by atomic mass is 16.4. The monoisotopic (exact) mass is 269 g/mol. The third kappa shape index (κ3) is 2.11. The Kier molecular flexibility index (Phi) is 3.10. The number of hydrogen-bond donors (Lipinski definition) is 1. The molecule has 0 spiro atoms. The zero-order chi connectivity index (χ0) is 14.1. The SMILES string of the molecule is CN(c1ccc(C(=O)O)cc1)c1ncnc2c1CCC2. The number of fused-ring (bicyclic) bond motifs is 1. The smallest absolute Gasteiger partial charge is 0.335 e. The molecule has 0 unspecified atom stereocenters. The average molecular weight is 269 g/mol.